The fourth-order valence-electron chi connectivity index (χ4n) is 4.79. The van der Waals surface area contributed by atoms with E-state index in [1.54, 1.807) is 26.2 Å². The van der Waals surface area contributed by atoms with Crippen molar-refractivity contribution < 1.29 is 28.5 Å². The Hall–Kier alpha value is -3.22. The number of rotatable bonds is 10. The predicted octanol–water partition coefficient (Wildman–Crippen LogP) is 5.75. The fraction of sp³-hybridized carbons (Fsp3) is 0.533. The van der Waals surface area contributed by atoms with Gasteiger partial charge in [0.25, 0.3) is 0 Å². The molecule has 7 nitrogen and oxygen atoms in total. The molecule has 0 radical (unpaired) electrons. The molecule has 0 unspecified atom stereocenters. The van der Waals surface area contributed by atoms with E-state index < -0.39 is 12.1 Å². The van der Waals surface area contributed by atoms with Crippen molar-refractivity contribution in [2.45, 2.75) is 71.4 Å². The number of hydrogen-bond acceptors (Lipinski definition) is 6. The fourth-order valence-corrected chi connectivity index (χ4v) is 4.79. The van der Waals surface area contributed by atoms with Crippen LogP contribution >= 0.6 is 0 Å². The lowest BCUT2D eigenvalue weighted by atomic mass is 9.90. The highest BCUT2D eigenvalue weighted by Crippen LogP contribution is 2.39. The lowest BCUT2D eigenvalue weighted by Gasteiger charge is -2.36. The number of ether oxygens (including phenoxy) is 4. The monoisotopic (exact) mass is 511 g/mol. The van der Waals surface area contributed by atoms with E-state index in [2.05, 4.69) is 0 Å². The maximum absolute atomic E-state index is 13.5. The summed E-state index contributed by atoms with van der Waals surface area (Å²) in [6.45, 7) is 6.71. The first-order valence-corrected chi connectivity index (χ1v) is 13.0. The van der Waals surface area contributed by atoms with Crippen LogP contribution in [0.25, 0.3) is 0 Å². The molecule has 202 valence electrons. The Morgan fingerprint density at radius 2 is 1.62 bits per heavy atom. The zero-order valence-electron chi connectivity index (χ0n) is 23.0. The van der Waals surface area contributed by atoms with Gasteiger partial charge >= 0.3 is 5.97 Å². The summed E-state index contributed by atoms with van der Waals surface area (Å²) < 4.78 is 22.6. The van der Waals surface area contributed by atoms with Crippen LogP contribution in [0.1, 0.15) is 70.1 Å². The molecule has 0 aromatic heterocycles. The van der Waals surface area contributed by atoms with Crippen molar-refractivity contribution in [3.8, 4) is 17.2 Å². The average molecular weight is 512 g/mol. The lowest BCUT2D eigenvalue weighted by molar-refractivity contribution is -0.162. The first-order valence-electron chi connectivity index (χ1n) is 13.0. The van der Waals surface area contributed by atoms with Crippen molar-refractivity contribution in [3.05, 3.63) is 53.6 Å². The summed E-state index contributed by atoms with van der Waals surface area (Å²) >= 11 is 0. The molecule has 1 aliphatic heterocycles. The van der Waals surface area contributed by atoms with E-state index in [0.717, 1.165) is 24.0 Å². The number of carbonyl (C=O) groups is 2. The molecule has 1 fully saturated rings. The molecule has 0 bridgehead atoms. The van der Waals surface area contributed by atoms with E-state index in [0.29, 0.717) is 49.5 Å². The number of hydrogen-bond donors (Lipinski definition) is 0. The Morgan fingerprint density at radius 3 is 2.19 bits per heavy atom. The number of carbonyl (C=O) groups excluding carboxylic acids is 2. The highest BCUT2D eigenvalue weighted by atomic mass is 16.5. The topological polar surface area (TPSA) is 74.3 Å². The number of aryl methyl sites for hydroxylation is 1. The van der Waals surface area contributed by atoms with Crippen LogP contribution in [0.15, 0.2) is 42.5 Å². The Kier molecular flexibility index (Phi) is 9.84. The van der Waals surface area contributed by atoms with Crippen LogP contribution in [0.3, 0.4) is 0 Å². The number of benzene rings is 2. The molecule has 1 saturated heterocycles. The number of nitrogens with zero attached hydrogens (tertiary/aromatic N) is 1. The van der Waals surface area contributed by atoms with Crippen LogP contribution in [0.5, 0.6) is 17.2 Å². The Labute approximate surface area is 221 Å². The highest BCUT2D eigenvalue weighted by molar-refractivity contribution is 5.85. The van der Waals surface area contributed by atoms with Gasteiger partial charge in [0.1, 0.15) is 12.1 Å². The van der Waals surface area contributed by atoms with Crippen molar-refractivity contribution in [1.82, 2.24) is 4.90 Å². The van der Waals surface area contributed by atoms with E-state index in [9.17, 15) is 9.59 Å². The second kappa shape index (κ2) is 12.8. The zero-order chi connectivity index (χ0) is 27.0. The molecule has 1 aliphatic rings. The van der Waals surface area contributed by atoms with E-state index in [-0.39, 0.29) is 17.3 Å². The Bertz CT molecular complexity index is 1020. The molecule has 0 saturated carbocycles. The third kappa shape index (κ3) is 7.63. The number of esters is 1. The SMILES string of the molecule is COc1cc(CC[C@@H](OC(=O)[C@@H]2CCCCN2C(=O)CC(C)(C)C)c2ccccc2)cc(OC)c1OC. The van der Waals surface area contributed by atoms with Crippen molar-refractivity contribution >= 4 is 11.9 Å². The van der Waals surface area contributed by atoms with Gasteiger partial charge < -0.3 is 23.8 Å². The van der Waals surface area contributed by atoms with Crippen LogP contribution in [-0.2, 0) is 20.7 Å². The van der Waals surface area contributed by atoms with Gasteiger partial charge in [-0.1, -0.05) is 51.1 Å². The smallest absolute Gasteiger partial charge is 0.329 e. The zero-order valence-corrected chi connectivity index (χ0v) is 23.0. The second-order valence-electron chi connectivity index (χ2n) is 10.7. The molecule has 0 N–H and O–H groups in total. The maximum Gasteiger partial charge on any atom is 0.329 e. The number of likely N-dealkylation sites (tertiary alicyclic amines) is 1. The van der Waals surface area contributed by atoms with E-state index >= 15 is 0 Å². The summed E-state index contributed by atoms with van der Waals surface area (Å²) in [7, 11) is 4.75. The van der Waals surface area contributed by atoms with Crippen molar-refractivity contribution in [2.75, 3.05) is 27.9 Å². The molecule has 2 aromatic rings. The molecule has 2 aromatic carbocycles. The second-order valence-corrected chi connectivity index (χ2v) is 10.7. The summed E-state index contributed by atoms with van der Waals surface area (Å²) in [5, 5.41) is 0. The van der Waals surface area contributed by atoms with Gasteiger partial charge in [-0.15, -0.1) is 0 Å². The molecule has 37 heavy (non-hydrogen) atoms. The quantitative estimate of drug-likeness (QED) is 0.378. The van der Waals surface area contributed by atoms with Crippen LogP contribution in [0.2, 0.25) is 0 Å². The lowest BCUT2D eigenvalue weighted by Crippen LogP contribution is -2.49. The summed E-state index contributed by atoms with van der Waals surface area (Å²) in [5.74, 6) is 1.39. The van der Waals surface area contributed by atoms with Gasteiger partial charge in [0.15, 0.2) is 11.5 Å². The summed E-state index contributed by atoms with van der Waals surface area (Å²) in [6.07, 6.45) is 3.58. The summed E-state index contributed by atoms with van der Waals surface area (Å²) in [6, 6.07) is 13.0. The standard InChI is InChI=1S/C30H41NO6/c1-30(2,3)20-27(32)31-17-11-10-14-23(31)29(33)37-24(22-12-8-7-9-13-22)16-15-21-18-25(34-4)28(36-6)26(19-21)35-5/h7-9,12-13,18-19,23-24H,10-11,14-17,20H2,1-6H3/t23-,24+/m0/s1. The minimum atomic E-state index is -0.545. The molecular formula is C30H41NO6. The predicted molar refractivity (Wildman–Crippen MR) is 143 cm³/mol. The van der Waals surface area contributed by atoms with Gasteiger partial charge in [-0.2, -0.15) is 0 Å². The van der Waals surface area contributed by atoms with Gasteiger partial charge in [-0.05, 0) is 60.8 Å². The Morgan fingerprint density at radius 1 is 0.973 bits per heavy atom. The van der Waals surface area contributed by atoms with E-state index in [1.807, 2.05) is 63.2 Å². The first-order chi connectivity index (χ1) is 17.7. The summed E-state index contributed by atoms with van der Waals surface area (Å²) in [5.41, 5.74) is 1.76. The summed E-state index contributed by atoms with van der Waals surface area (Å²) in [4.78, 5) is 28.3. The van der Waals surface area contributed by atoms with Crippen molar-refractivity contribution in [2.24, 2.45) is 5.41 Å². The van der Waals surface area contributed by atoms with E-state index in [4.69, 9.17) is 18.9 Å². The van der Waals surface area contributed by atoms with Gasteiger partial charge in [-0.25, -0.2) is 4.79 Å². The van der Waals surface area contributed by atoms with Gasteiger partial charge in [0.05, 0.1) is 21.3 Å². The van der Waals surface area contributed by atoms with Crippen molar-refractivity contribution in [3.63, 3.8) is 0 Å². The maximum atomic E-state index is 13.5. The van der Waals surface area contributed by atoms with Gasteiger partial charge in [0.2, 0.25) is 11.7 Å². The van der Waals surface area contributed by atoms with Crippen molar-refractivity contribution in [1.29, 1.82) is 0 Å². The van der Waals surface area contributed by atoms with E-state index in [1.165, 1.54) is 0 Å². The third-order valence-electron chi connectivity index (χ3n) is 6.63. The molecule has 1 heterocycles. The molecule has 1 amide bonds. The third-order valence-corrected chi connectivity index (χ3v) is 6.63. The van der Waals surface area contributed by atoms with Gasteiger partial charge in [0, 0.05) is 13.0 Å². The molecule has 0 spiro atoms. The molecular weight excluding hydrogens is 470 g/mol. The van der Waals surface area contributed by atoms with Crippen LogP contribution in [-0.4, -0.2) is 50.7 Å². The minimum Gasteiger partial charge on any atom is -0.493 e. The first kappa shape index (κ1) is 28.4. The number of methoxy groups -OCH3 is 3. The van der Waals surface area contributed by atoms with Gasteiger partial charge in [-0.3, -0.25) is 4.79 Å². The normalized spacial score (nSPS) is 16.6. The number of amides is 1. The largest absolute Gasteiger partial charge is 0.493 e. The number of piperidine rings is 1. The highest BCUT2D eigenvalue weighted by Gasteiger charge is 2.35. The molecule has 3 rings (SSSR count). The minimum absolute atomic E-state index is 0.0165. The van der Waals surface area contributed by atoms with Crippen LogP contribution in [0.4, 0.5) is 0 Å². The average Bonchev–Trinajstić information content (AvgIpc) is 2.89. The molecule has 0 aliphatic carbocycles. The molecule has 7 heteroatoms. The van der Waals surface area contributed by atoms with Crippen LogP contribution in [0, 0.1) is 5.41 Å². The Balaban J connectivity index is 1.80. The molecule has 2 atom stereocenters. The van der Waals surface area contributed by atoms with Crippen LogP contribution < -0.4 is 14.2 Å².